The summed E-state index contributed by atoms with van der Waals surface area (Å²) in [6.07, 6.45) is 5.94. The summed E-state index contributed by atoms with van der Waals surface area (Å²) in [5, 5.41) is 3.38. The zero-order chi connectivity index (χ0) is 23.8. The monoisotopic (exact) mass is 472 g/mol. The molecule has 2 fully saturated rings. The van der Waals surface area contributed by atoms with Crippen LogP contribution in [0.3, 0.4) is 0 Å². The van der Waals surface area contributed by atoms with Crippen LogP contribution >= 0.6 is 0 Å². The molecule has 1 saturated heterocycles. The third-order valence-electron chi connectivity index (χ3n) is 6.89. The Labute approximate surface area is 197 Å². The molecular formula is C25H36N4O3S. The molecule has 0 bridgehead atoms. The number of benzene rings is 1. The van der Waals surface area contributed by atoms with Crippen molar-refractivity contribution >= 4 is 15.9 Å². The minimum Gasteiger partial charge on any atom is -0.349 e. The van der Waals surface area contributed by atoms with Gasteiger partial charge in [0, 0.05) is 32.3 Å². The Morgan fingerprint density at radius 1 is 1.12 bits per heavy atom. The molecule has 7 nitrogen and oxygen atoms in total. The fourth-order valence-corrected chi connectivity index (χ4v) is 6.14. The van der Waals surface area contributed by atoms with Crippen molar-refractivity contribution in [2.24, 2.45) is 24.8 Å². The van der Waals surface area contributed by atoms with Gasteiger partial charge < -0.3 is 9.88 Å². The number of carbonyl (C=O) groups is 1. The number of imidazole rings is 1. The Bertz CT molecular complexity index is 1060. The van der Waals surface area contributed by atoms with E-state index < -0.39 is 10.0 Å². The van der Waals surface area contributed by atoms with Crippen LogP contribution in [0.2, 0.25) is 0 Å². The van der Waals surface area contributed by atoms with Gasteiger partial charge >= 0.3 is 0 Å². The fourth-order valence-electron chi connectivity index (χ4n) is 4.65. The number of nitrogens with zero attached hydrogens (tertiary/aromatic N) is 3. The minimum absolute atomic E-state index is 0.0452. The van der Waals surface area contributed by atoms with Crippen molar-refractivity contribution in [1.82, 2.24) is 19.2 Å². The maximum Gasteiger partial charge on any atom is 0.262 e. The summed E-state index contributed by atoms with van der Waals surface area (Å²) in [7, 11) is -1.84. The van der Waals surface area contributed by atoms with Crippen LogP contribution in [0.15, 0.2) is 35.5 Å². The lowest BCUT2D eigenvalue weighted by Gasteiger charge is -2.31. The van der Waals surface area contributed by atoms with E-state index in [0.29, 0.717) is 43.6 Å². The number of hydrogen-bond donors (Lipinski definition) is 1. The van der Waals surface area contributed by atoms with Crippen LogP contribution in [-0.4, -0.2) is 41.3 Å². The van der Waals surface area contributed by atoms with Crippen molar-refractivity contribution in [3.63, 3.8) is 0 Å². The number of aryl methyl sites for hydroxylation is 2. The first-order valence-electron chi connectivity index (χ1n) is 12.0. The Balaban J connectivity index is 1.37. The molecule has 1 N–H and O–H groups in total. The van der Waals surface area contributed by atoms with E-state index in [9.17, 15) is 13.2 Å². The van der Waals surface area contributed by atoms with Gasteiger partial charge in [0.05, 0.1) is 6.04 Å². The van der Waals surface area contributed by atoms with Crippen molar-refractivity contribution in [3.8, 4) is 0 Å². The van der Waals surface area contributed by atoms with Crippen LogP contribution in [0.1, 0.15) is 62.5 Å². The number of rotatable bonds is 8. The van der Waals surface area contributed by atoms with E-state index in [4.69, 9.17) is 0 Å². The molecule has 33 heavy (non-hydrogen) atoms. The van der Waals surface area contributed by atoms with Gasteiger partial charge in [0.15, 0.2) is 5.03 Å². The first-order valence-corrected chi connectivity index (χ1v) is 13.5. The van der Waals surface area contributed by atoms with Gasteiger partial charge in [-0.15, -0.1) is 0 Å². The predicted molar refractivity (Wildman–Crippen MR) is 128 cm³/mol. The van der Waals surface area contributed by atoms with E-state index in [2.05, 4.69) is 48.4 Å². The highest BCUT2D eigenvalue weighted by molar-refractivity contribution is 7.89. The maximum absolute atomic E-state index is 13.1. The van der Waals surface area contributed by atoms with Gasteiger partial charge in [-0.1, -0.05) is 38.1 Å². The van der Waals surface area contributed by atoms with Crippen LogP contribution in [0.25, 0.3) is 0 Å². The molecule has 180 valence electrons. The predicted octanol–water partition coefficient (Wildman–Crippen LogP) is 3.60. The van der Waals surface area contributed by atoms with E-state index >= 15 is 0 Å². The van der Waals surface area contributed by atoms with E-state index in [1.165, 1.54) is 15.4 Å². The van der Waals surface area contributed by atoms with E-state index in [0.717, 1.165) is 19.3 Å². The van der Waals surface area contributed by atoms with Crippen molar-refractivity contribution in [1.29, 1.82) is 0 Å². The lowest BCUT2D eigenvalue weighted by Crippen LogP contribution is -2.44. The Morgan fingerprint density at radius 3 is 2.27 bits per heavy atom. The lowest BCUT2D eigenvalue weighted by molar-refractivity contribution is -0.127. The standard InChI is InChI=1S/C25H36N4O3S/c1-17(2)15-19-5-7-20(8-6-19)24(21-9-10-21)27-25(30)22-11-13-29(14-12-22)33(31,32)23-16-28(4)18(3)26-23/h5-8,16-17,21-22,24H,9-15H2,1-4H3,(H,27,30). The van der Waals surface area contributed by atoms with Crippen LogP contribution in [0.4, 0.5) is 0 Å². The molecule has 8 heteroatoms. The third-order valence-corrected chi connectivity index (χ3v) is 8.66. The van der Waals surface area contributed by atoms with Crippen LogP contribution < -0.4 is 5.32 Å². The highest BCUT2D eigenvalue weighted by Crippen LogP contribution is 2.41. The molecule has 2 heterocycles. The average molecular weight is 473 g/mol. The first kappa shape index (κ1) is 24.0. The summed E-state index contributed by atoms with van der Waals surface area (Å²) in [5.41, 5.74) is 2.50. The molecule has 1 saturated carbocycles. The number of piperidine rings is 1. The van der Waals surface area contributed by atoms with E-state index in [1.54, 1.807) is 24.7 Å². The number of nitrogens with one attached hydrogen (secondary N) is 1. The molecule has 1 aliphatic heterocycles. The average Bonchev–Trinajstić information content (AvgIpc) is 3.56. The van der Waals surface area contributed by atoms with Crippen molar-refractivity contribution in [3.05, 3.63) is 47.4 Å². The van der Waals surface area contributed by atoms with Crippen molar-refractivity contribution in [2.75, 3.05) is 13.1 Å². The molecule has 1 unspecified atom stereocenters. The number of sulfonamides is 1. The highest BCUT2D eigenvalue weighted by Gasteiger charge is 2.37. The maximum atomic E-state index is 13.1. The topological polar surface area (TPSA) is 84.3 Å². The molecule has 0 spiro atoms. The molecule has 1 aromatic heterocycles. The molecular weight excluding hydrogens is 436 g/mol. The SMILES string of the molecule is Cc1nc(S(=O)(=O)N2CCC(C(=O)NC(c3ccc(CC(C)C)cc3)C3CC3)CC2)cn1C. The fraction of sp³-hybridized carbons (Fsp3) is 0.600. The summed E-state index contributed by atoms with van der Waals surface area (Å²) >= 11 is 0. The Kier molecular flexibility index (Phi) is 6.96. The summed E-state index contributed by atoms with van der Waals surface area (Å²) < 4.78 is 29.0. The van der Waals surface area contributed by atoms with Gasteiger partial charge in [0.25, 0.3) is 10.0 Å². The summed E-state index contributed by atoms with van der Waals surface area (Å²) in [6.45, 7) is 6.90. The zero-order valence-electron chi connectivity index (χ0n) is 20.1. The zero-order valence-corrected chi connectivity index (χ0v) is 20.9. The molecule has 1 atom stereocenters. The second-order valence-electron chi connectivity index (χ2n) is 10.1. The quantitative estimate of drug-likeness (QED) is 0.636. The van der Waals surface area contributed by atoms with Gasteiger partial charge in [-0.05, 0) is 62.0 Å². The number of carbonyl (C=O) groups excluding carboxylic acids is 1. The highest BCUT2D eigenvalue weighted by atomic mass is 32.2. The van der Waals surface area contributed by atoms with Gasteiger partial charge in [0.1, 0.15) is 5.82 Å². The van der Waals surface area contributed by atoms with Gasteiger partial charge in [-0.25, -0.2) is 13.4 Å². The first-order chi connectivity index (χ1) is 15.6. The third kappa shape index (κ3) is 5.49. The minimum atomic E-state index is -3.63. The number of aromatic nitrogens is 2. The Morgan fingerprint density at radius 2 is 1.76 bits per heavy atom. The number of amides is 1. The van der Waals surface area contributed by atoms with Gasteiger partial charge in [-0.3, -0.25) is 4.79 Å². The smallest absolute Gasteiger partial charge is 0.262 e. The lowest BCUT2D eigenvalue weighted by atomic mass is 9.94. The molecule has 1 amide bonds. The second kappa shape index (κ2) is 9.58. The van der Waals surface area contributed by atoms with Crippen LogP contribution in [-0.2, 0) is 28.3 Å². The van der Waals surface area contributed by atoms with Gasteiger partial charge in [0.2, 0.25) is 5.91 Å². The molecule has 1 aliphatic carbocycles. The molecule has 2 aliphatic rings. The number of hydrogen-bond acceptors (Lipinski definition) is 4. The summed E-state index contributed by atoms with van der Waals surface area (Å²) in [5.74, 6) is 1.65. The second-order valence-corrected chi connectivity index (χ2v) is 12.0. The summed E-state index contributed by atoms with van der Waals surface area (Å²) in [6, 6.07) is 8.72. The van der Waals surface area contributed by atoms with Crippen LogP contribution in [0, 0.1) is 24.7 Å². The van der Waals surface area contributed by atoms with Crippen molar-refractivity contribution in [2.45, 2.75) is 63.9 Å². The Hall–Kier alpha value is -2.19. The molecule has 4 rings (SSSR count). The van der Waals surface area contributed by atoms with Gasteiger partial charge in [-0.2, -0.15) is 4.31 Å². The molecule has 1 aromatic carbocycles. The summed E-state index contributed by atoms with van der Waals surface area (Å²) in [4.78, 5) is 17.3. The van der Waals surface area contributed by atoms with Crippen molar-refractivity contribution < 1.29 is 13.2 Å². The molecule has 0 radical (unpaired) electrons. The molecule has 2 aromatic rings. The normalized spacial score (nSPS) is 19.1. The van der Waals surface area contributed by atoms with Crippen LogP contribution in [0.5, 0.6) is 0 Å². The largest absolute Gasteiger partial charge is 0.349 e. The van der Waals surface area contributed by atoms with E-state index in [-0.39, 0.29) is 22.9 Å². The van der Waals surface area contributed by atoms with E-state index in [1.807, 2.05) is 0 Å².